The number of alkyl halides is 3. The zero-order valence-corrected chi connectivity index (χ0v) is 14.3. The quantitative estimate of drug-likeness (QED) is 0.837. The molecule has 1 N–H and O–H groups in total. The lowest BCUT2D eigenvalue weighted by Gasteiger charge is -2.34. The van der Waals surface area contributed by atoms with Gasteiger partial charge in [-0.1, -0.05) is 36.8 Å². The highest BCUT2D eigenvalue weighted by atomic mass is 19.4. The largest absolute Gasteiger partial charge is 0.453 e. The highest BCUT2D eigenvalue weighted by molar-refractivity contribution is 5.99. The lowest BCUT2D eigenvalue weighted by atomic mass is 9.81. The van der Waals surface area contributed by atoms with E-state index >= 15 is 0 Å². The van der Waals surface area contributed by atoms with Crippen LogP contribution >= 0.6 is 0 Å². The van der Waals surface area contributed by atoms with Crippen molar-refractivity contribution in [1.29, 1.82) is 0 Å². The van der Waals surface area contributed by atoms with Crippen LogP contribution in [0.1, 0.15) is 42.8 Å². The Morgan fingerprint density at radius 2 is 2.04 bits per heavy atom. The van der Waals surface area contributed by atoms with E-state index in [1.54, 1.807) is 6.07 Å². The molecule has 0 saturated heterocycles. The lowest BCUT2D eigenvalue weighted by Crippen LogP contribution is -2.33. The van der Waals surface area contributed by atoms with Crippen LogP contribution in [-0.2, 0) is 11.0 Å². The van der Waals surface area contributed by atoms with Crippen LogP contribution in [0.2, 0.25) is 0 Å². The second-order valence-corrected chi connectivity index (χ2v) is 6.97. The van der Waals surface area contributed by atoms with Crippen LogP contribution in [0.3, 0.4) is 0 Å². The monoisotopic (exact) mass is 362 g/mol. The molecule has 1 aromatic heterocycles. The number of aromatic nitrogens is 3. The molecule has 4 rings (SSSR count). The van der Waals surface area contributed by atoms with Gasteiger partial charge < -0.3 is 5.32 Å². The van der Waals surface area contributed by atoms with E-state index in [0.29, 0.717) is 24.1 Å². The second kappa shape index (κ2) is 5.69. The van der Waals surface area contributed by atoms with Gasteiger partial charge in [0.1, 0.15) is 6.04 Å². The van der Waals surface area contributed by atoms with Crippen LogP contribution in [0.25, 0.3) is 0 Å². The van der Waals surface area contributed by atoms with Gasteiger partial charge in [0.25, 0.3) is 5.82 Å². The topological polar surface area (TPSA) is 59.8 Å². The summed E-state index contributed by atoms with van der Waals surface area (Å²) in [7, 11) is 0. The van der Waals surface area contributed by atoms with Crippen molar-refractivity contribution in [2.24, 2.45) is 5.92 Å². The number of carbonyl (C=O) groups is 1. The Hall–Kier alpha value is -2.64. The third-order valence-corrected chi connectivity index (χ3v) is 4.74. The van der Waals surface area contributed by atoms with E-state index in [1.165, 1.54) is 4.68 Å². The molecule has 136 valence electrons. The Bertz CT molecular complexity index is 929. The first-order chi connectivity index (χ1) is 12.2. The number of nitrogens with zero attached hydrogens (tertiary/aromatic N) is 3. The van der Waals surface area contributed by atoms with Gasteiger partial charge in [-0.2, -0.15) is 18.2 Å². The molecule has 1 aliphatic carbocycles. The molecule has 2 heterocycles. The number of nitrogens with one attached hydrogen (secondary N) is 1. The summed E-state index contributed by atoms with van der Waals surface area (Å²) in [4.78, 5) is 16.4. The molecule has 2 atom stereocenters. The lowest BCUT2D eigenvalue weighted by molar-refractivity contribution is -0.145. The fraction of sp³-hybridized carbons (Fsp3) is 0.389. The number of aryl methyl sites for hydroxylation is 1. The number of halogens is 3. The average molecular weight is 362 g/mol. The highest BCUT2D eigenvalue weighted by Crippen LogP contribution is 2.42. The average Bonchev–Trinajstić information content (AvgIpc) is 2.96. The fourth-order valence-electron chi connectivity index (χ4n) is 3.68. The van der Waals surface area contributed by atoms with Crippen molar-refractivity contribution >= 4 is 11.7 Å². The van der Waals surface area contributed by atoms with E-state index in [1.807, 2.05) is 32.0 Å². The molecule has 1 aliphatic heterocycles. The molecular formula is C18H17F3N4O. The maximum atomic E-state index is 13.1. The number of benzene rings is 1. The third-order valence-electron chi connectivity index (χ3n) is 4.74. The van der Waals surface area contributed by atoms with Crippen LogP contribution < -0.4 is 5.32 Å². The van der Waals surface area contributed by atoms with Gasteiger partial charge in [-0.25, -0.2) is 4.68 Å². The minimum Gasteiger partial charge on any atom is -0.328 e. The first-order valence-corrected chi connectivity index (χ1v) is 8.37. The zero-order valence-electron chi connectivity index (χ0n) is 14.3. The van der Waals surface area contributed by atoms with Crippen molar-refractivity contribution in [1.82, 2.24) is 14.8 Å². The normalized spacial score (nSPS) is 22.7. The predicted octanol–water partition coefficient (Wildman–Crippen LogP) is 3.87. The highest BCUT2D eigenvalue weighted by Gasteiger charge is 2.42. The molecule has 0 saturated carbocycles. The number of allylic oxidation sites excluding steroid dienone is 2. The Labute approximate surface area is 147 Å². The van der Waals surface area contributed by atoms with Crippen LogP contribution in [0, 0.1) is 12.8 Å². The summed E-state index contributed by atoms with van der Waals surface area (Å²) in [6, 6.07) is 6.69. The molecule has 1 aromatic carbocycles. The summed E-state index contributed by atoms with van der Waals surface area (Å²) in [5, 5.41) is 6.60. The van der Waals surface area contributed by atoms with Crippen molar-refractivity contribution in [3.05, 3.63) is 52.5 Å². The summed E-state index contributed by atoms with van der Waals surface area (Å²) in [5.74, 6) is -1.13. The number of carbonyl (C=O) groups excluding carboxylic acids is 1. The minimum atomic E-state index is -4.65. The van der Waals surface area contributed by atoms with Crippen molar-refractivity contribution < 1.29 is 18.0 Å². The van der Waals surface area contributed by atoms with Crippen LogP contribution in [0.5, 0.6) is 0 Å². The molecule has 2 aliphatic rings. The van der Waals surface area contributed by atoms with Gasteiger partial charge in [0, 0.05) is 17.7 Å². The van der Waals surface area contributed by atoms with Crippen LogP contribution in [0.15, 0.2) is 35.5 Å². The van der Waals surface area contributed by atoms with E-state index in [4.69, 9.17) is 0 Å². The molecule has 5 nitrogen and oxygen atoms in total. The Kier molecular flexibility index (Phi) is 3.68. The molecular weight excluding hydrogens is 345 g/mol. The standard InChI is InChI=1S/C18H17F3N4O/c1-9-4-3-5-11(6-9)15-14-12(7-10(2)8-13(14)26)22-17-23-16(18(19,20)21)24-25(15)17/h3-6,10,15H,7-8H2,1-2H3,(H,22,23,24)/t10-,15-/m1/s1. The number of Topliss-reactive ketones (excluding diaryl/α,β-unsaturated/α-hetero) is 1. The van der Waals surface area contributed by atoms with Gasteiger partial charge in [0.15, 0.2) is 5.78 Å². The smallest absolute Gasteiger partial charge is 0.328 e. The predicted molar refractivity (Wildman–Crippen MR) is 88.4 cm³/mol. The number of hydrogen-bond acceptors (Lipinski definition) is 4. The van der Waals surface area contributed by atoms with Crippen LogP contribution in [0.4, 0.5) is 19.1 Å². The number of ketones is 1. The molecule has 0 spiro atoms. The third kappa shape index (κ3) is 2.69. The molecule has 0 amide bonds. The number of hydrogen-bond donors (Lipinski definition) is 1. The van der Waals surface area contributed by atoms with Crippen molar-refractivity contribution in [3.8, 4) is 0 Å². The van der Waals surface area contributed by atoms with Gasteiger partial charge in [0.05, 0.1) is 0 Å². The van der Waals surface area contributed by atoms with Gasteiger partial charge in [-0.3, -0.25) is 4.79 Å². The molecule has 0 bridgehead atoms. The first kappa shape index (κ1) is 16.8. The van der Waals surface area contributed by atoms with Gasteiger partial charge >= 0.3 is 6.18 Å². The molecule has 26 heavy (non-hydrogen) atoms. The van der Waals surface area contributed by atoms with Gasteiger partial charge in [-0.05, 0) is 24.8 Å². The number of fused-ring (bicyclic) bond motifs is 1. The molecule has 0 radical (unpaired) electrons. The summed E-state index contributed by atoms with van der Waals surface area (Å²) in [6.07, 6.45) is -3.68. The van der Waals surface area contributed by atoms with Gasteiger partial charge in [0.2, 0.25) is 5.95 Å². The fourth-order valence-corrected chi connectivity index (χ4v) is 3.68. The van der Waals surface area contributed by atoms with E-state index < -0.39 is 18.0 Å². The van der Waals surface area contributed by atoms with E-state index in [9.17, 15) is 18.0 Å². The molecule has 0 unspecified atom stereocenters. The molecule has 2 aromatic rings. The SMILES string of the molecule is Cc1cccc([C@@H]2C3=C(C[C@@H](C)CC3=O)Nc3nc(C(F)(F)F)nn32)c1. The Morgan fingerprint density at radius 3 is 2.73 bits per heavy atom. The first-order valence-electron chi connectivity index (χ1n) is 8.37. The number of rotatable bonds is 1. The minimum absolute atomic E-state index is 0.0180. The maximum absolute atomic E-state index is 13.1. The van der Waals surface area contributed by atoms with Gasteiger partial charge in [-0.15, -0.1) is 5.10 Å². The molecule has 8 heteroatoms. The van der Waals surface area contributed by atoms with Crippen molar-refractivity contribution in [2.75, 3.05) is 5.32 Å². The summed E-state index contributed by atoms with van der Waals surface area (Å²) in [6.45, 7) is 3.85. The summed E-state index contributed by atoms with van der Waals surface area (Å²) >= 11 is 0. The number of anilines is 1. The van der Waals surface area contributed by atoms with E-state index in [2.05, 4.69) is 15.4 Å². The van der Waals surface area contributed by atoms with E-state index in [-0.39, 0.29) is 17.6 Å². The van der Waals surface area contributed by atoms with E-state index in [0.717, 1.165) is 11.1 Å². The van der Waals surface area contributed by atoms with Crippen molar-refractivity contribution in [2.45, 2.75) is 38.9 Å². The van der Waals surface area contributed by atoms with Crippen molar-refractivity contribution in [3.63, 3.8) is 0 Å². The zero-order chi connectivity index (χ0) is 18.6. The maximum Gasteiger partial charge on any atom is 0.453 e. The van der Waals surface area contributed by atoms with Crippen LogP contribution in [-0.4, -0.2) is 20.5 Å². The summed E-state index contributed by atoms with van der Waals surface area (Å²) in [5.41, 5.74) is 2.81. The Morgan fingerprint density at radius 1 is 1.27 bits per heavy atom. The Balaban J connectivity index is 1.92. The second-order valence-electron chi connectivity index (χ2n) is 6.97. The molecule has 0 fully saturated rings. The summed E-state index contributed by atoms with van der Waals surface area (Å²) < 4.78 is 40.6.